The summed E-state index contributed by atoms with van der Waals surface area (Å²) in [7, 11) is 0. The molecular weight excluding hydrogens is 264 g/mol. The normalized spacial score (nSPS) is 22.5. The standard InChI is InChI=1S/C16H20N4O/c1-10-9-21-11(2)8-20(10)15-12-5-3-4-6-14(12)19-7-13(15)16(17)18/h3-7,10-11H,8-9H2,1-2H3,(H3,17,18). The fraction of sp³-hybridized carbons (Fsp3) is 0.375. The summed E-state index contributed by atoms with van der Waals surface area (Å²) < 4.78 is 5.71. The molecule has 110 valence electrons. The number of hydrogen-bond donors (Lipinski definition) is 2. The number of pyridine rings is 1. The van der Waals surface area contributed by atoms with Gasteiger partial charge in [0.15, 0.2) is 0 Å². The van der Waals surface area contributed by atoms with Gasteiger partial charge in [0, 0.05) is 24.2 Å². The van der Waals surface area contributed by atoms with Gasteiger partial charge in [0.2, 0.25) is 0 Å². The fourth-order valence-corrected chi connectivity index (χ4v) is 2.85. The average Bonchev–Trinajstić information content (AvgIpc) is 2.48. The Morgan fingerprint density at radius 3 is 2.90 bits per heavy atom. The first kappa shape index (κ1) is 13.8. The Morgan fingerprint density at radius 2 is 2.14 bits per heavy atom. The first-order valence-electron chi connectivity index (χ1n) is 7.18. The number of nitrogens with zero attached hydrogens (tertiary/aromatic N) is 2. The second-order valence-electron chi connectivity index (χ2n) is 5.60. The number of morpholine rings is 1. The van der Waals surface area contributed by atoms with Gasteiger partial charge in [0.05, 0.1) is 29.5 Å². The summed E-state index contributed by atoms with van der Waals surface area (Å²) in [5.41, 5.74) is 8.38. The number of ether oxygens (including phenoxy) is 1. The molecule has 2 aromatic rings. The first-order valence-corrected chi connectivity index (χ1v) is 7.18. The molecule has 1 fully saturated rings. The molecule has 21 heavy (non-hydrogen) atoms. The first-order chi connectivity index (χ1) is 10.1. The smallest absolute Gasteiger partial charge is 0.126 e. The van der Waals surface area contributed by atoms with Gasteiger partial charge in [-0.3, -0.25) is 10.4 Å². The number of benzene rings is 1. The summed E-state index contributed by atoms with van der Waals surface area (Å²) in [6.45, 7) is 5.66. The van der Waals surface area contributed by atoms with E-state index < -0.39 is 0 Å². The second-order valence-corrected chi connectivity index (χ2v) is 5.60. The van der Waals surface area contributed by atoms with E-state index in [2.05, 4.69) is 23.7 Å². The third-order valence-electron chi connectivity index (χ3n) is 3.93. The van der Waals surface area contributed by atoms with Gasteiger partial charge in [-0.25, -0.2) is 0 Å². The van der Waals surface area contributed by atoms with E-state index in [9.17, 15) is 0 Å². The molecule has 2 unspecified atom stereocenters. The third-order valence-corrected chi connectivity index (χ3v) is 3.93. The number of nitrogens with one attached hydrogen (secondary N) is 1. The van der Waals surface area contributed by atoms with Gasteiger partial charge in [-0.05, 0) is 19.9 Å². The molecule has 5 nitrogen and oxygen atoms in total. The van der Waals surface area contributed by atoms with Gasteiger partial charge in [-0.1, -0.05) is 18.2 Å². The van der Waals surface area contributed by atoms with Crippen molar-refractivity contribution in [2.24, 2.45) is 5.73 Å². The summed E-state index contributed by atoms with van der Waals surface area (Å²) in [4.78, 5) is 6.71. The molecule has 2 heterocycles. The molecular formula is C16H20N4O. The monoisotopic (exact) mass is 284 g/mol. The molecule has 1 aliphatic rings. The minimum absolute atomic E-state index is 0.0506. The lowest BCUT2D eigenvalue weighted by atomic mass is 10.0. The van der Waals surface area contributed by atoms with Crippen molar-refractivity contribution in [2.75, 3.05) is 18.1 Å². The zero-order chi connectivity index (χ0) is 15.0. The number of amidine groups is 1. The molecule has 1 aromatic heterocycles. The van der Waals surface area contributed by atoms with Crippen molar-refractivity contribution < 1.29 is 4.74 Å². The molecule has 5 heteroatoms. The maximum absolute atomic E-state index is 7.87. The Labute approximate surface area is 124 Å². The van der Waals surface area contributed by atoms with Crippen LogP contribution in [0, 0.1) is 5.41 Å². The summed E-state index contributed by atoms with van der Waals surface area (Å²) in [5.74, 6) is 0.0506. The maximum Gasteiger partial charge on any atom is 0.126 e. The molecule has 3 N–H and O–H groups in total. The van der Waals surface area contributed by atoms with Crippen LogP contribution in [0.5, 0.6) is 0 Å². The second kappa shape index (κ2) is 5.33. The molecule has 2 atom stereocenters. The lowest BCUT2D eigenvalue weighted by Crippen LogP contribution is -2.48. The molecule has 0 radical (unpaired) electrons. The Kier molecular flexibility index (Phi) is 3.51. The van der Waals surface area contributed by atoms with Crippen LogP contribution in [0.4, 0.5) is 5.69 Å². The van der Waals surface area contributed by atoms with Crippen LogP contribution < -0.4 is 10.6 Å². The van der Waals surface area contributed by atoms with E-state index in [1.54, 1.807) is 6.20 Å². The Bertz CT molecular complexity index is 685. The minimum atomic E-state index is 0.0506. The molecule has 0 bridgehead atoms. The summed E-state index contributed by atoms with van der Waals surface area (Å²) in [6, 6.07) is 8.23. The molecule has 0 aliphatic carbocycles. The fourth-order valence-electron chi connectivity index (χ4n) is 2.85. The van der Waals surface area contributed by atoms with Crippen molar-refractivity contribution >= 4 is 22.4 Å². The Morgan fingerprint density at radius 1 is 1.38 bits per heavy atom. The van der Waals surface area contributed by atoms with Gasteiger partial charge < -0.3 is 15.4 Å². The molecule has 3 rings (SSSR count). The van der Waals surface area contributed by atoms with Crippen LogP contribution >= 0.6 is 0 Å². The highest BCUT2D eigenvalue weighted by atomic mass is 16.5. The van der Waals surface area contributed by atoms with Crippen molar-refractivity contribution in [1.82, 2.24) is 4.98 Å². The zero-order valence-electron chi connectivity index (χ0n) is 12.3. The van der Waals surface area contributed by atoms with E-state index in [0.29, 0.717) is 12.2 Å². The predicted octanol–water partition coefficient (Wildman–Crippen LogP) is 2.13. The lowest BCUT2D eigenvalue weighted by Gasteiger charge is -2.39. The molecule has 0 saturated carbocycles. The number of fused-ring (bicyclic) bond motifs is 1. The van der Waals surface area contributed by atoms with Crippen LogP contribution in [-0.4, -0.2) is 36.1 Å². The SMILES string of the molecule is CC1CN(c2c(C(=N)N)cnc3ccccc23)C(C)CO1. The number of para-hydroxylation sites is 1. The van der Waals surface area contributed by atoms with E-state index in [-0.39, 0.29) is 18.0 Å². The van der Waals surface area contributed by atoms with Crippen LogP contribution in [0.1, 0.15) is 19.4 Å². The highest BCUT2D eigenvalue weighted by Gasteiger charge is 2.27. The number of nitrogen functional groups attached to an aromatic ring is 1. The van der Waals surface area contributed by atoms with Crippen molar-refractivity contribution in [3.63, 3.8) is 0 Å². The van der Waals surface area contributed by atoms with Crippen LogP contribution in [0.3, 0.4) is 0 Å². The van der Waals surface area contributed by atoms with Crippen LogP contribution in [-0.2, 0) is 4.74 Å². The maximum atomic E-state index is 7.87. The van der Waals surface area contributed by atoms with E-state index in [4.69, 9.17) is 15.9 Å². The van der Waals surface area contributed by atoms with Crippen molar-refractivity contribution in [1.29, 1.82) is 5.41 Å². The van der Waals surface area contributed by atoms with Crippen LogP contribution in [0.2, 0.25) is 0 Å². The highest BCUT2D eigenvalue weighted by Crippen LogP contribution is 2.32. The van der Waals surface area contributed by atoms with Crippen molar-refractivity contribution in [2.45, 2.75) is 26.0 Å². The summed E-state index contributed by atoms with van der Waals surface area (Å²) >= 11 is 0. The number of rotatable bonds is 2. The van der Waals surface area contributed by atoms with Gasteiger partial charge in [0.25, 0.3) is 0 Å². The van der Waals surface area contributed by atoms with Crippen LogP contribution in [0.25, 0.3) is 10.9 Å². The Hall–Kier alpha value is -2.14. The van der Waals surface area contributed by atoms with Crippen LogP contribution in [0.15, 0.2) is 30.5 Å². The van der Waals surface area contributed by atoms with Gasteiger partial charge >= 0.3 is 0 Å². The molecule has 1 aliphatic heterocycles. The van der Waals surface area contributed by atoms with Gasteiger partial charge in [-0.15, -0.1) is 0 Å². The lowest BCUT2D eigenvalue weighted by molar-refractivity contribution is 0.0345. The molecule has 1 aromatic carbocycles. The van der Waals surface area contributed by atoms with Gasteiger partial charge in [-0.2, -0.15) is 0 Å². The number of anilines is 1. The molecule has 1 saturated heterocycles. The molecule has 0 amide bonds. The van der Waals surface area contributed by atoms with Crippen molar-refractivity contribution in [3.8, 4) is 0 Å². The van der Waals surface area contributed by atoms with Crippen molar-refractivity contribution in [3.05, 3.63) is 36.0 Å². The largest absolute Gasteiger partial charge is 0.384 e. The third kappa shape index (κ3) is 2.45. The molecule has 0 spiro atoms. The van der Waals surface area contributed by atoms with Gasteiger partial charge in [0.1, 0.15) is 5.84 Å². The number of nitrogens with two attached hydrogens (primary N) is 1. The quantitative estimate of drug-likeness (QED) is 0.654. The zero-order valence-corrected chi connectivity index (χ0v) is 12.3. The highest BCUT2D eigenvalue weighted by molar-refractivity contribution is 6.07. The predicted molar refractivity (Wildman–Crippen MR) is 85.0 cm³/mol. The average molecular weight is 284 g/mol. The topological polar surface area (TPSA) is 75.2 Å². The Balaban J connectivity index is 2.22. The summed E-state index contributed by atoms with van der Waals surface area (Å²) in [5, 5.41) is 8.90. The van der Waals surface area contributed by atoms with E-state index >= 15 is 0 Å². The number of hydrogen-bond acceptors (Lipinski definition) is 4. The summed E-state index contributed by atoms with van der Waals surface area (Å²) in [6.07, 6.45) is 1.86. The van der Waals surface area contributed by atoms with E-state index in [1.807, 2.05) is 24.3 Å². The number of aromatic nitrogens is 1. The minimum Gasteiger partial charge on any atom is -0.384 e. The van der Waals surface area contributed by atoms with E-state index in [1.165, 1.54) is 0 Å². The van der Waals surface area contributed by atoms with E-state index in [0.717, 1.165) is 23.1 Å².